The van der Waals surface area contributed by atoms with Crippen molar-refractivity contribution in [3.63, 3.8) is 0 Å². The van der Waals surface area contributed by atoms with E-state index in [-0.39, 0.29) is 18.4 Å². The highest BCUT2D eigenvalue weighted by Crippen LogP contribution is 2.34. The second-order valence-corrected chi connectivity index (χ2v) is 6.24. The van der Waals surface area contributed by atoms with Gasteiger partial charge in [-0.1, -0.05) is 17.3 Å². The molecule has 1 heterocycles. The summed E-state index contributed by atoms with van der Waals surface area (Å²) in [5, 5.41) is 10.8. The first kappa shape index (κ1) is 19.2. The zero-order valence-corrected chi connectivity index (χ0v) is 16.1. The molecule has 0 aliphatic heterocycles. The molecule has 2 amide bonds. The molecule has 3 aromatic rings. The molecule has 9 heteroatoms. The Morgan fingerprint density at radius 2 is 1.79 bits per heavy atom. The van der Waals surface area contributed by atoms with Crippen molar-refractivity contribution in [2.24, 2.45) is 0 Å². The molecule has 2 aromatic carbocycles. The van der Waals surface area contributed by atoms with E-state index in [1.807, 2.05) is 24.3 Å². The Hall–Kier alpha value is -3.62. The van der Waals surface area contributed by atoms with Crippen molar-refractivity contribution in [2.45, 2.75) is 6.54 Å². The van der Waals surface area contributed by atoms with Gasteiger partial charge in [-0.15, -0.1) is 5.10 Å². The van der Waals surface area contributed by atoms with Crippen LogP contribution in [0.5, 0.6) is 11.5 Å². The van der Waals surface area contributed by atoms with E-state index in [0.29, 0.717) is 28.3 Å². The van der Waals surface area contributed by atoms with Crippen LogP contribution in [0.25, 0.3) is 11.0 Å². The maximum absolute atomic E-state index is 12.6. The third-order valence-corrected chi connectivity index (χ3v) is 4.15. The van der Waals surface area contributed by atoms with E-state index in [9.17, 15) is 9.59 Å². The van der Waals surface area contributed by atoms with E-state index in [1.54, 1.807) is 26.2 Å². The minimum Gasteiger partial charge on any atom is -0.493 e. The average Bonchev–Trinajstić information content (AvgIpc) is 3.09. The van der Waals surface area contributed by atoms with Gasteiger partial charge in [0.1, 0.15) is 12.1 Å². The van der Waals surface area contributed by atoms with Crippen LogP contribution in [0, 0.1) is 0 Å². The van der Waals surface area contributed by atoms with Crippen molar-refractivity contribution in [2.75, 3.05) is 33.6 Å². The topological polar surface area (TPSA) is 98.6 Å². The molecule has 9 nitrogen and oxygen atoms in total. The number of anilines is 1. The molecule has 1 aromatic heterocycles. The Morgan fingerprint density at radius 1 is 1.11 bits per heavy atom. The summed E-state index contributed by atoms with van der Waals surface area (Å²) in [5.74, 6) is 0.172. The number of carbonyl (C=O) groups is 2. The smallest absolute Gasteiger partial charge is 0.255 e. The number of aromatic nitrogens is 3. The van der Waals surface area contributed by atoms with Crippen LogP contribution in [0.1, 0.15) is 10.4 Å². The van der Waals surface area contributed by atoms with E-state index in [1.165, 1.54) is 23.8 Å². The van der Waals surface area contributed by atoms with Gasteiger partial charge in [0.2, 0.25) is 5.91 Å². The summed E-state index contributed by atoms with van der Waals surface area (Å²) in [6.45, 7) is -0.0511. The van der Waals surface area contributed by atoms with Gasteiger partial charge in [0, 0.05) is 20.2 Å². The lowest BCUT2D eigenvalue weighted by atomic mass is 10.1. The van der Waals surface area contributed by atoms with Crippen LogP contribution < -0.4 is 14.8 Å². The number of hydrogen-bond acceptors (Lipinski definition) is 6. The Bertz CT molecular complexity index is 1030. The van der Waals surface area contributed by atoms with Crippen molar-refractivity contribution in [1.29, 1.82) is 0 Å². The lowest BCUT2D eigenvalue weighted by molar-refractivity contribution is -0.116. The highest BCUT2D eigenvalue weighted by atomic mass is 16.5. The van der Waals surface area contributed by atoms with Crippen molar-refractivity contribution in [3.8, 4) is 11.5 Å². The van der Waals surface area contributed by atoms with Gasteiger partial charge in [-0.05, 0) is 18.2 Å². The lowest BCUT2D eigenvalue weighted by Gasteiger charge is -2.18. The lowest BCUT2D eigenvalue weighted by Crippen LogP contribution is -2.25. The Balaban J connectivity index is 1.91. The molecule has 0 aliphatic rings. The molecular formula is C19H21N5O4. The number of ether oxygens (including phenoxy) is 2. The van der Waals surface area contributed by atoms with Gasteiger partial charge in [0.15, 0.2) is 11.5 Å². The number of hydrogen-bond donors (Lipinski definition) is 1. The largest absolute Gasteiger partial charge is 0.493 e. The number of carbonyl (C=O) groups excluding carboxylic acids is 2. The van der Waals surface area contributed by atoms with E-state index in [2.05, 4.69) is 15.6 Å². The number of rotatable bonds is 6. The molecule has 0 spiro atoms. The van der Waals surface area contributed by atoms with E-state index >= 15 is 0 Å². The van der Waals surface area contributed by atoms with Crippen LogP contribution in [0.15, 0.2) is 36.4 Å². The molecule has 0 unspecified atom stereocenters. The summed E-state index contributed by atoms with van der Waals surface area (Å²) >= 11 is 0. The average molecular weight is 383 g/mol. The Morgan fingerprint density at radius 3 is 2.46 bits per heavy atom. The van der Waals surface area contributed by atoms with Gasteiger partial charge in [-0.3, -0.25) is 9.59 Å². The number of nitrogens with zero attached hydrogens (tertiary/aromatic N) is 4. The van der Waals surface area contributed by atoms with Crippen LogP contribution in [-0.4, -0.2) is 60.0 Å². The molecule has 0 fully saturated rings. The van der Waals surface area contributed by atoms with Crippen molar-refractivity contribution in [1.82, 2.24) is 19.9 Å². The fourth-order valence-electron chi connectivity index (χ4n) is 2.76. The summed E-state index contributed by atoms with van der Waals surface area (Å²) in [6, 6.07) is 10.5. The quantitative estimate of drug-likeness (QED) is 0.697. The summed E-state index contributed by atoms with van der Waals surface area (Å²) in [6.07, 6.45) is 0. The molecule has 0 saturated heterocycles. The van der Waals surface area contributed by atoms with Gasteiger partial charge in [-0.2, -0.15) is 0 Å². The SMILES string of the molecule is COc1cc(NC(=O)Cn2nnc3ccccc32)c(C(=O)N(C)C)cc1OC. The molecule has 0 aliphatic carbocycles. The molecule has 146 valence electrons. The van der Waals surface area contributed by atoms with E-state index in [4.69, 9.17) is 9.47 Å². The minimum atomic E-state index is -0.351. The molecule has 0 saturated carbocycles. The number of nitrogens with one attached hydrogen (secondary N) is 1. The van der Waals surface area contributed by atoms with Crippen molar-refractivity contribution < 1.29 is 19.1 Å². The van der Waals surface area contributed by atoms with Crippen molar-refractivity contribution >= 4 is 28.5 Å². The summed E-state index contributed by atoms with van der Waals surface area (Å²) in [5.41, 5.74) is 2.06. The number of para-hydroxylation sites is 1. The number of fused-ring (bicyclic) bond motifs is 1. The fourth-order valence-corrected chi connectivity index (χ4v) is 2.76. The zero-order valence-electron chi connectivity index (χ0n) is 16.1. The maximum Gasteiger partial charge on any atom is 0.255 e. The summed E-state index contributed by atoms with van der Waals surface area (Å²) in [7, 11) is 6.23. The first-order valence-corrected chi connectivity index (χ1v) is 8.50. The summed E-state index contributed by atoms with van der Waals surface area (Å²) < 4.78 is 12.1. The highest BCUT2D eigenvalue weighted by molar-refractivity contribution is 6.04. The highest BCUT2D eigenvalue weighted by Gasteiger charge is 2.20. The molecule has 28 heavy (non-hydrogen) atoms. The molecule has 3 rings (SSSR count). The van der Waals surface area contributed by atoms with Gasteiger partial charge >= 0.3 is 0 Å². The third kappa shape index (κ3) is 3.73. The van der Waals surface area contributed by atoms with Gasteiger partial charge < -0.3 is 19.7 Å². The second-order valence-electron chi connectivity index (χ2n) is 6.24. The fraction of sp³-hybridized carbons (Fsp3) is 0.263. The van der Waals surface area contributed by atoms with Crippen LogP contribution in [-0.2, 0) is 11.3 Å². The maximum atomic E-state index is 12.6. The monoisotopic (exact) mass is 383 g/mol. The predicted molar refractivity (Wildman–Crippen MR) is 104 cm³/mol. The van der Waals surface area contributed by atoms with E-state index < -0.39 is 0 Å². The number of methoxy groups -OCH3 is 2. The molecule has 1 N–H and O–H groups in total. The zero-order chi connectivity index (χ0) is 20.3. The first-order valence-electron chi connectivity index (χ1n) is 8.50. The predicted octanol–water partition coefficient (Wildman–Crippen LogP) is 1.79. The first-order chi connectivity index (χ1) is 13.4. The normalized spacial score (nSPS) is 10.6. The van der Waals surface area contributed by atoms with Crippen LogP contribution in [0.4, 0.5) is 5.69 Å². The van der Waals surface area contributed by atoms with Gasteiger partial charge in [-0.25, -0.2) is 4.68 Å². The molecular weight excluding hydrogens is 362 g/mol. The standard InChI is InChI=1S/C19H21N5O4/c1-23(2)19(26)12-9-16(27-3)17(28-4)10-14(12)20-18(25)11-24-15-8-6-5-7-13(15)21-22-24/h5-10H,11H2,1-4H3,(H,20,25). The van der Waals surface area contributed by atoms with Gasteiger partial charge in [0.05, 0.1) is 31.0 Å². The van der Waals surface area contributed by atoms with Crippen LogP contribution >= 0.6 is 0 Å². The number of benzene rings is 2. The molecule has 0 atom stereocenters. The van der Waals surface area contributed by atoms with Crippen LogP contribution in [0.2, 0.25) is 0 Å². The number of amides is 2. The van der Waals surface area contributed by atoms with Crippen molar-refractivity contribution in [3.05, 3.63) is 42.0 Å². The van der Waals surface area contributed by atoms with Gasteiger partial charge in [0.25, 0.3) is 5.91 Å². The Labute approximate surface area is 161 Å². The Kier molecular flexibility index (Phi) is 5.44. The summed E-state index contributed by atoms with van der Waals surface area (Å²) in [4.78, 5) is 26.6. The van der Waals surface area contributed by atoms with Crippen LogP contribution in [0.3, 0.4) is 0 Å². The minimum absolute atomic E-state index is 0.0511. The molecule has 0 bridgehead atoms. The third-order valence-electron chi connectivity index (χ3n) is 4.15. The van der Waals surface area contributed by atoms with E-state index in [0.717, 1.165) is 5.52 Å². The second kappa shape index (κ2) is 7.95. The molecule has 0 radical (unpaired) electrons.